The molecule has 1 aromatic heterocycles. The standard InChI is InChI=1S/C13H18BrN3OS/c1-15-2-4-16(5-3-15)11-7-17(8-11)13(18)12-6-10(14)9-19-12/h6,9,11H,2-5,7-8H2,1H3. The summed E-state index contributed by atoms with van der Waals surface area (Å²) in [5.41, 5.74) is 0. The van der Waals surface area contributed by atoms with Gasteiger partial charge in [0.05, 0.1) is 4.88 Å². The maximum Gasteiger partial charge on any atom is 0.264 e. The van der Waals surface area contributed by atoms with Crippen LogP contribution in [0, 0.1) is 0 Å². The fourth-order valence-electron chi connectivity index (χ4n) is 2.62. The molecule has 1 amide bonds. The molecule has 0 unspecified atom stereocenters. The Balaban J connectivity index is 1.51. The predicted octanol–water partition coefficient (Wildman–Crippen LogP) is 1.58. The minimum absolute atomic E-state index is 0.182. The van der Waals surface area contributed by atoms with Gasteiger partial charge in [-0.3, -0.25) is 9.69 Å². The minimum atomic E-state index is 0.182. The van der Waals surface area contributed by atoms with E-state index >= 15 is 0 Å². The monoisotopic (exact) mass is 343 g/mol. The Morgan fingerprint density at radius 2 is 2.00 bits per heavy atom. The lowest BCUT2D eigenvalue weighted by Crippen LogP contribution is -2.63. The van der Waals surface area contributed by atoms with Gasteiger partial charge in [-0.1, -0.05) is 0 Å². The zero-order chi connectivity index (χ0) is 13.4. The fourth-order valence-corrected chi connectivity index (χ4v) is 4.01. The van der Waals surface area contributed by atoms with Crippen LogP contribution in [0.2, 0.25) is 0 Å². The Bertz CT molecular complexity index is 464. The maximum absolute atomic E-state index is 12.2. The number of amides is 1. The van der Waals surface area contributed by atoms with E-state index < -0.39 is 0 Å². The highest BCUT2D eigenvalue weighted by molar-refractivity contribution is 9.10. The Morgan fingerprint density at radius 3 is 2.58 bits per heavy atom. The Morgan fingerprint density at radius 1 is 1.32 bits per heavy atom. The highest BCUT2D eigenvalue weighted by atomic mass is 79.9. The number of likely N-dealkylation sites (tertiary alicyclic amines) is 1. The minimum Gasteiger partial charge on any atom is -0.335 e. The van der Waals surface area contributed by atoms with Gasteiger partial charge in [0.1, 0.15) is 0 Å². The van der Waals surface area contributed by atoms with Crippen molar-refractivity contribution in [3.8, 4) is 0 Å². The van der Waals surface area contributed by atoms with Crippen LogP contribution < -0.4 is 0 Å². The Kier molecular flexibility index (Phi) is 3.93. The molecule has 4 nitrogen and oxygen atoms in total. The van der Waals surface area contributed by atoms with E-state index in [0.29, 0.717) is 6.04 Å². The van der Waals surface area contributed by atoms with Crippen molar-refractivity contribution in [2.24, 2.45) is 0 Å². The van der Waals surface area contributed by atoms with Gasteiger partial charge in [0.25, 0.3) is 5.91 Å². The highest BCUT2D eigenvalue weighted by Crippen LogP contribution is 2.24. The Hall–Kier alpha value is -0.430. The number of halogens is 1. The maximum atomic E-state index is 12.2. The van der Waals surface area contributed by atoms with Gasteiger partial charge in [-0.25, -0.2) is 0 Å². The van der Waals surface area contributed by atoms with Gasteiger partial charge in [-0.15, -0.1) is 11.3 Å². The van der Waals surface area contributed by atoms with Crippen LogP contribution in [0.3, 0.4) is 0 Å². The number of likely N-dealkylation sites (N-methyl/N-ethyl adjacent to an activating group) is 1. The van der Waals surface area contributed by atoms with E-state index in [1.165, 1.54) is 11.3 Å². The van der Waals surface area contributed by atoms with Gasteiger partial charge in [0.15, 0.2) is 0 Å². The number of rotatable bonds is 2. The second kappa shape index (κ2) is 5.52. The third-order valence-corrected chi connectivity index (χ3v) is 5.66. The molecule has 3 rings (SSSR count). The number of nitrogens with zero attached hydrogens (tertiary/aromatic N) is 3. The van der Waals surface area contributed by atoms with Crippen molar-refractivity contribution in [1.82, 2.24) is 14.7 Å². The molecule has 1 aromatic rings. The summed E-state index contributed by atoms with van der Waals surface area (Å²) in [4.78, 5) is 19.9. The topological polar surface area (TPSA) is 26.8 Å². The molecule has 3 heterocycles. The first kappa shape index (κ1) is 13.5. The molecule has 2 aliphatic rings. The van der Waals surface area contributed by atoms with Crippen LogP contribution in [0.25, 0.3) is 0 Å². The van der Waals surface area contributed by atoms with E-state index in [1.54, 1.807) is 0 Å². The SMILES string of the molecule is CN1CCN(C2CN(C(=O)c3cc(Br)cs3)C2)CC1. The summed E-state index contributed by atoms with van der Waals surface area (Å²) >= 11 is 4.91. The molecule has 0 bridgehead atoms. The van der Waals surface area contributed by atoms with Crippen molar-refractivity contribution in [2.75, 3.05) is 46.3 Å². The summed E-state index contributed by atoms with van der Waals surface area (Å²) in [5, 5.41) is 1.96. The largest absolute Gasteiger partial charge is 0.335 e. The summed E-state index contributed by atoms with van der Waals surface area (Å²) in [6, 6.07) is 2.48. The summed E-state index contributed by atoms with van der Waals surface area (Å²) < 4.78 is 0.997. The lowest BCUT2D eigenvalue weighted by Gasteiger charge is -2.47. The van der Waals surface area contributed by atoms with Gasteiger partial charge in [-0.05, 0) is 29.0 Å². The second-order valence-corrected chi connectivity index (χ2v) is 7.16. The van der Waals surface area contributed by atoms with Crippen molar-refractivity contribution in [3.63, 3.8) is 0 Å². The summed E-state index contributed by atoms with van der Waals surface area (Å²) in [6.07, 6.45) is 0. The molecule has 0 aliphatic carbocycles. The molecule has 104 valence electrons. The molecule has 0 atom stereocenters. The average molecular weight is 344 g/mol. The summed E-state index contributed by atoms with van der Waals surface area (Å²) in [5.74, 6) is 0.182. The van der Waals surface area contributed by atoms with E-state index in [0.717, 1.165) is 48.6 Å². The summed E-state index contributed by atoms with van der Waals surface area (Å²) in [7, 11) is 2.17. The normalized spacial score (nSPS) is 22.5. The van der Waals surface area contributed by atoms with Crippen molar-refractivity contribution in [1.29, 1.82) is 0 Å². The lowest BCUT2D eigenvalue weighted by molar-refractivity contribution is 0.0113. The number of thiophene rings is 1. The number of carbonyl (C=O) groups is 1. The molecule has 0 spiro atoms. The van der Waals surface area contributed by atoms with E-state index in [2.05, 4.69) is 32.8 Å². The number of hydrogen-bond donors (Lipinski definition) is 0. The van der Waals surface area contributed by atoms with Gasteiger partial charge in [0, 0.05) is 55.2 Å². The van der Waals surface area contributed by atoms with Crippen molar-refractivity contribution >= 4 is 33.2 Å². The molecular weight excluding hydrogens is 326 g/mol. The fraction of sp³-hybridized carbons (Fsp3) is 0.615. The molecule has 19 heavy (non-hydrogen) atoms. The quantitative estimate of drug-likeness (QED) is 0.815. The summed E-state index contributed by atoms with van der Waals surface area (Å²) in [6.45, 7) is 6.32. The first-order chi connectivity index (χ1) is 9.13. The third kappa shape index (κ3) is 2.86. The van der Waals surface area contributed by atoms with E-state index in [9.17, 15) is 4.79 Å². The van der Waals surface area contributed by atoms with Crippen LogP contribution in [0.4, 0.5) is 0 Å². The van der Waals surface area contributed by atoms with Crippen molar-refractivity contribution < 1.29 is 4.79 Å². The molecule has 6 heteroatoms. The molecule has 2 fully saturated rings. The average Bonchev–Trinajstić information content (AvgIpc) is 2.76. The van der Waals surface area contributed by atoms with Gasteiger partial charge >= 0.3 is 0 Å². The van der Waals surface area contributed by atoms with Crippen LogP contribution in [0.1, 0.15) is 9.67 Å². The highest BCUT2D eigenvalue weighted by Gasteiger charge is 2.36. The van der Waals surface area contributed by atoms with E-state index in [-0.39, 0.29) is 5.91 Å². The number of carbonyl (C=O) groups excluding carboxylic acids is 1. The predicted molar refractivity (Wildman–Crippen MR) is 80.8 cm³/mol. The number of hydrogen-bond acceptors (Lipinski definition) is 4. The van der Waals surface area contributed by atoms with E-state index in [1.807, 2.05) is 16.3 Å². The van der Waals surface area contributed by atoms with Gasteiger partial charge in [-0.2, -0.15) is 0 Å². The zero-order valence-corrected chi connectivity index (χ0v) is 13.4. The Labute approximate surface area is 126 Å². The van der Waals surface area contributed by atoms with Crippen molar-refractivity contribution in [2.45, 2.75) is 6.04 Å². The molecule has 0 saturated carbocycles. The molecule has 0 aromatic carbocycles. The van der Waals surface area contributed by atoms with Crippen molar-refractivity contribution in [3.05, 3.63) is 20.8 Å². The molecular formula is C13H18BrN3OS. The molecule has 0 N–H and O–H groups in total. The van der Waals surface area contributed by atoms with Crippen LogP contribution >= 0.6 is 27.3 Å². The lowest BCUT2D eigenvalue weighted by atomic mass is 10.1. The molecule has 2 saturated heterocycles. The third-order valence-electron chi connectivity index (χ3n) is 3.98. The first-order valence-electron chi connectivity index (χ1n) is 6.59. The van der Waals surface area contributed by atoms with Crippen LogP contribution in [-0.2, 0) is 0 Å². The second-order valence-electron chi connectivity index (χ2n) is 5.33. The smallest absolute Gasteiger partial charge is 0.264 e. The molecule has 0 radical (unpaired) electrons. The van der Waals surface area contributed by atoms with Crippen LogP contribution in [0.15, 0.2) is 15.9 Å². The van der Waals surface area contributed by atoms with Gasteiger partial charge in [0.2, 0.25) is 0 Å². The molecule has 2 aliphatic heterocycles. The van der Waals surface area contributed by atoms with Gasteiger partial charge < -0.3 is 9.80 Å². The number of piperazine rings is 1. The van der Waals surface area contributed by atoms with E-state index in [4.69, 9.17) is 0 Å². The zero-order valence-electron chi connectivity index (χ0n) is 11.0. The first-order valence-corrected chi connectivity index (χ1v) is 8.26. The van der Waals surface area contributed by atoms with Crippen LogP contribution in [-0.4, -0.2) is 73.0 Å². The van der Waals surface area contributed by atoms with Crippen LogP contribution in [0.5, 0.6) is 0 Å².